The number of nitrogens with two attached hydrogens (primary N) is 1. The van der Waals surface area contributed by atoms with E-state index in [1.165, 1.54) is 6.20 Å². The summed E-state index contributed by atoms with van der Waals surface area (Å²) in [6.45, 7) is 4.97. The van der Waals surface area contributed by atoms with Crippen LogP contribution in [0.25, 0.3) is 0 Å². The van der Waals surface area contributed by atoms with Gasteiger partial charge < -0.3 is 0 Å². The third-order valence-electron chi connectivity index (χ3n) is 2.74. The van der Waals surface area contributed by atoms with E-state index in [1.807, 2.05) is 0 Å². The first-order valence-corrected chi connectivity index (χ1v) is 12.4. The number of nitrogens with zero attached hydrogens (tertiary/aromatic N) is 1. The Labute approximate surface area is 135 Å². The molecule has 0 amide bonds. The number of carbonyl (C=O) groups is 1. The Kier molecular flexibility index (Phi) is 5.44. The van der Waals surface area contributed by atoms with Crippen molar-refractivity contribution < 1.29 is 17.9 Å². The molecule has 0 fully saturated rings. The van der Waals surface area contributed by atoms with E-state index in [2.05, 4.69) is 9.92 Å². The van der Waals surface area contributed by atoms with Crippen molar-refractivity contribution >= 4 is 40.5 Å². The van der Waals surface area contributed by atoms with Crippen molar-refractivity contribution in [2.45, 2.75) is 36.2 Å². The van der Waals surface area contributed by atoms with Gasteiger partial charge in [0.25, 0.3) is 0 Å². The number of esters is 1. The molecule has 1 aromatic heterocycles. The Balaban J connectivity index is 3.44. The standard InChI is InChI=1S/C12H17N2O4S.CH3.Sn/c1-11(2,3)18-10(15)12(13,19(4,16)17)9-6-5-7-14-8-9;;/h6-8H,13H2,1-4H3;1H3;. The van der Waals surface area contributed by atoms with Crippen LogP contribution in [-0.2, 0) is 24.2 Å². The third kappa shape index (κ3) is 4.17. The van der Waals surface area contributed by atoms with Gasteiger partial charge in [-0.25, -0.2) is 0 Å². The molecule has 0 spiro atoms. The Morgan fingerprint density at radius 3 is 2.33 bits per heavy atom. The van der Waals surface area contributed by atoms with Gasteiger partial charge in [0.05, 0.1) is 0 Å². The molecular weight excluding hydrogens is 399 g/mol. The summed E-state index contributed by atoms with van der Waals surface area (Å²) < 4.78 is 30.4. The van der Waals surface area contributed by atoms with Crippen LogP contribution in [0, 0.1) is 0 Å². The van der Waals surface area contributed by atoms with Gasteiger partial charge in [0.2, 0.25) is 0 Å². The van der Waals surface area contributed by atoms with Gasteiger partial charge in [0.1, 0.15) is 0 Å². The monoisotopic (exact) mass is 420 g/mol. The van der Waals surface area contributed by atoms with Crippen LogP contribution in [-0.4, -0.2) is 52.4 Å². The van der Waals surface area contributed by atoms with Crippen LogP contribution in [0.3, 0.4) is 0 Å². The van der Waals surface area contributed by atoms with E-state index in [1.54, 1.807) is 33.0 Å². The first-order chi connectivity index (χ1) is 9.41. The molecule has 21 heavy (non-hydrogen) atoms. The van der Waals surface area contributed by atoms with E-state index in [-0.39, 0.29) is 5.56 Å². The Morgan fingerprint density at radius 1 is 1.33 bits per heavy atom. The van der Waals surface area contributed by atoms with E-state index in [9.17, 15) is 13.2 Å². The molecule has 1 aromatic rings. The average molecular weight is 419 g/mol. The number of ether oxygens (including phenoxy) is 1. The quantitative estimate of drug-likeness (QED) is 0.543. The maximum absolute atomic E-state index is 12.4. The molecule has 0 saturated carbocycles. The van der Waals surface area contributed by atoms with Crippen LogP contribution in [0.15, 0.2) is 18.5 Å². The molecule has 1 unspecified atom stereocenters. The summed E-state index contributed by atoms with van der Waals surface area (Å²) in [5.74, 6) is -0.988. The van der Waals surface area contributed by atoms with Gasteiger partial charge in [-0.05, 0) is 0 Å². The predicted octanol–water partition coefficient (Wildman–Crippen LogP) is -0.0430. The van der Waals surface area contributed by atoms with Crippen molar-refractivity contribution in [3.8, 4) is 0 Å². The molecule has 1 atom stereocenters. The minimum atomic E-state index is -3.93. The van der Waals surface area contributed by atoms with Gasteiger partial charge in [-0.15, -0.1) is 0 Å². The molecule has 6 nitrogen and oxygen atoms in total. The molecule has 8 heteroatoms. The molecule has 1 rings (SSSR count). The molecule has 0 aliphatic carbocycles. The fourth-order valence-corrected chi connectivity index (χ4v) is 3.94. The molecule has 2 radical (unpaired) electrons. The summed E-state index contributed by atoms with van der Waals surface area (Å²) in [5.41, 5.74) is 5.30. The molecule has 116 valence electrons. The van der Waals surface area contributed by atoms with Gasteiger partial charge in [-0.2, -0.15) is 0 Å². The fourth-order valence-electron chi connectivity index (χ4n) is 1.62. The molecular formula is C13H20N2O4SSn. The van der Waals surface area contributed by atoms with Gasteiger partial charge in [-0.3, -0.25) is 0 Å². The zero-order chi connectivity index (χ0) is 16.5. The first-order valence-electron chi connectivity index (χ1n) is 6.27. The van der Waals surface area contributed by atoms with Crippen LogP contribution in [0.5, 0.6) is 0 Å². The zero-order valence-electron chi connectivity index (χ0n) is 12.8. The summed E-state index contributed by atoms with van der Waals surface area (Å²) in [6.07, 6.45) is 3.91. The molecule has 2 N–H and O–H groups in total. The Hall–Kier alpha value is -0.671. The van der Waals surface area contributed by atoms with Gasteiger partial charge in [-0.1, -0.05) is 0 Å². The topological polar surface area (TPSA) is 99.3 Å². The van der Waals surface area contributed by atoms with Crippen LogP contribution in [0.4, 0.5) is 0 Å². The number of pyridine rings is 1. The van der Waals surface area contributed by atoms with Crippen LogP contribution in [0.1, 0.15) is 26.3 Å². The summed E-state index contributed by atoms with van der Waals surface area (Å²) in [4.78, 5) is 16.2. The molecule has 0 saturated heterocycles. The third-order valence-corrected chi connectivity index (χ3v) is 6.74. The number of hydrogen-bond donors (Lipinski definition) is 1. The Morgan fingerprint density at radius 2 is 1.90 bits per heavy atom. The second kappa shape index (κ2) is 6.21. The maximum atomic E-state index is 12.4. The predicted molar refractivity (Wildman–Crippen MR) is 82.0 cm³/mol. The van der Waals surface area contributed by atoms with Crippen molar-refractivity contribution in [1.82, 2.24) is 4.98 Å². The van der Waals surface area contributed by atoms with Crippen molar-refractivity contribution in [1.29, 1.82) is 0 Å². The van der Waals surface area contributed by atoms with E-state index >= 15 is 0 Å². The van der Waals surface area contributed by atoms with Crippen LogP contribution < -0.4 is 9.31 Å². The number of carbonyl (C=O) groups excluding carboxylic acids is 1. The summed E-state index contributed by atoms with van der Waals surface area (Å²) in [5, 5.41) is 0. The zero-order valence-corrected chi connectivity index (χ0v) is 16.5. The SMILES string of the molecule is [CH3][Sn][c]1cncc(C(N)(C(=O)OC(C)(C)C)S(C)(=O)=O)c1. The average Bonchev–Trinajstić information content (AvgIpc) is 2.34. The van der Waals surface area contributed by atoms with Gasteiger partial charge in [0.15, 0.2) is 0 Å². The van der Waals surface area contributed by atoms with E-state index < -0.39 is 47.4 Å². The van der Waals surface area contributed by atoms with Crippen molar-refractivity contribution in [2.24, 2.45) is 5.73 Å². The molecule has 0 aliphatic heterocycles. The summed E-state index contributed by atoms with van der Waals surface area (Å²) >= 11 is -0.825. The number of sulfone groups is 1. The van der Waals surface area contributed by atoms with Crippen molar-refractivity contribution in [3.63, 3.8) is 0 Å². The van der Waals surface area contributed by atoms with Gasteiger partial charge >= 0.3 is 136 Å². The van der Waals surface area contributed by atoms with E-state index in [4.69, 9.17) is 10.5 Å². The normalized spacial score (nSPS) is 15.3. The molecule has 1 heterocycles. The second-order valence-corrected chi connectivity index (χ2v) is 11.0. The molecule has 0 bridgehead atoms. The van der Waals surface area contributed by atoms with Crippen LogP contribution in [0.2, 0.25) is 4.94 Å². The number of rotatable bonds is 4. The van der Waals surface area contributed by atoms with Crippen molar-refractivity contribution in [3.05, 3.63) is 24.0 Å². The summed E-state index contributed by atoms with van der Waals surface area (Å²) in [7, 11) is -3.93. The second-order valence-electron chi connectivity index (χ2n) is 5.72. The number of aromatic nitrogens is 1. The first kappa shape index (κ1) is 18.4. The van der Waals surface area contributed by atoms with Crippen LogP contribution >= 0.6 is 0 Å². The minimum absolute atomic E-state index is 0.152. The fraction of sp³-hybridized carbons (Fsp3) is 0.538. The van der Waals surface area contributed by atoms with E-state index in [0.717, 1.165) is 9.84 Å². The van der Waals surface area contributed by atoms with E-state index in [0.29, 0.717) is 0 Å². The van der Waals surface area contributed by atoms with Gasteiger partial charge in [0, 0.05) is 0 Å². The number of hydrogen-bond acceptors (Lipinski definition) is 6. The van der Waals surface area contributed by atoms with Crippen molar-refractivity contribution in [2.75, 3.05) is 6.26 Å². The molecule has 0 aliphatic rings. The molecule has 0 aromatic carbocycles. The Bertz CT molecular complexity index is 640. The summed E-state index contributed by atoms with van der Waals surface area (Å²) in [6, 6.07) is 1.64.